The van der Waals surface area contributed by atoms with Crippen LogP contribution < -0.4 is 5.32 Å². The molecule has 1 N–H and O–H groups in total. The maximum absolute atomic E-state index is 11.7. The molecule has 5 heteroatoms. The van der Waals surface area contributed by atoms with Crippen LogP contribution in [0.1, 0.15) is 40.5 Å². The highest BCUT2D eigenvalue weighted by Gasteiger charge is 2.32. The van der Waals surface area contributed by atoms with Crippen molar-refractivity contribution in [2.45, 2.75) is 52.2 Å². The molecule has 0 aromatic heterocycles. The van der Waals surface area contributed by atoms with E-state index in [4.69, 9.17) is 4.74 Å². The van der Waals surface area contributed by atoms with Gasteiger partial charge in [0.15, 0.2) is 0 Å². The van der Waals surface area contributed by atoms with Crippen molar-refractivity contribution >= 4 is 12.0 Å². The molecule has 2 amide bonds. The number of likely N-dealkylation sites (N-methyl/N-ethyl adjacent to an activating group) is 1. The van der Waals surface area contributed by atoms with Crippen molar-refractivity contribution in [1.82, 2.24) is 10.2 Å². The number of carbonyl (C=O) groups excluding carboxylic acids is 2. The van der Waals surface area contributed by atoms with Crippen LogP contribution in [0.4, 0.5) is 4.79 Å². The fourth-order valence-corrected chi connectivity index (χ4v) is 1.70. The summed E-state index contributed by atoms with van der Waals surface area (Å²) in [5.41, 5.74) is -0.500. The zero-order valence-electron chi connectivity index (χ0n) is 11.9. The number of alkyl carbamates (subject to hydrolysis) is 1. The SMILES string of the molecule is C[C@@H](CN(C)C(=O)C1CC1)NC(=O)OC(C)(C)C. The average Bonchev–Trinajstić information content (AvgIpc) is 2.95. The highest BCUT2D eigenvalue weighted by atomic mass is 16.6. The predicted octanol–water partition coefficient (Wildman–Crippen LogP) is 1.77. The molecule has 1 fully saturated rings. The summed E-state index contributed by atoms with van der Waals surface area (Å²) in [7, 11) is 1.77. The Morgan fingerprint density at radius 3 is 2.39 bits per heavy atom. The van der Waals surface area contributed by atoms with Crippen LogP contribution >= 0.6 is 0 Å². The second kappa shape index (κ2) is 5.59. The molecule has 18 heavy (non-hydrogen) atoms. The second-order valence-corrected chi connectivity index (χ2v) is 6.04. The van der Waals surface area contributed by atoms with E-state index in [2.05, 4.69) is 5.32 Å². The van der Waals surface area contributed by atoms with Gasteiger partial charge in [-0.1, -0.05) is 0 Å². The summed E-state index contributed by atoms with van der Waals surface area (Å²) in [6.45, 7) is 7.83. The lowest BCUT2D eigenvalue weighted by molar-refractivity contribution is -0.131. The summed E-state index contributed by atoms with van der Waals surface area (Å²) in [6, 6.07) is -0.118. The molecule has 5 nitrogen and oxygen atoms in total. The molecule has 0 aromatic rings. The number of nitrogens with one attached hydrogen (secondary N) is 1. The molecule has 0 aromatic carbocycles. The number of carbonyl (C=O) groups is 2. The molecule has 104 valence electrons. The third kappa shape index (κ3) is 5.38. The normalized spacial score (nSPS) is 16.9. The van der Waals surface area contributed by atoms with Crippen LogP contribution in [0.5, 0.6) is 0 Å². The Morgan fingerprint density at radius 1 is 1.39 bits per heavy atom. The van der Waals surface area contributed by atoms with E-state index in [0.717, 1.165) is 12.8 Å². The van der Waals surface area contributed by atoms with Gasteiger partial charge in [0.25, 0.3) is 0 Å². The molecule has 0 bridgehead atoms. The minimum atomic E-state index is -0.500. The van der Waals surface area contributed by atoms with E-state index in [0.29, 0.717) is 6.54 Å². The molecule has 0 saturated heterocycles. The Balaban J connectivity index is 2.29. The Labute approximate surface area is 109 Å². The van der Waals surface area contributed by atoms with Gasteiger partial charge in [-0.2, -0.15) is 0 Å². The van der Waals surface area contributed by atoms with Gasteiger partial charge in [0.1, 0.15) is 5.60 Å². The lowest BCUT2D eigenvalue weighted by atomic mass is 10.2. The van der Waals surface area contributed by atoms with Crippen LogP contribution in [0.2, 0.25) is 0 Å². The first-order chi connectivity index (χ1) is 8.19. The van der Waals surface area contributed by atoms with E-state index >= 15 is 0 Å². The molecule has 0 unspecified atom stereocenters. The van der Waals surface area contributed by atoms with Crippen LogP contribution in [0.25, 0.3) is 0 Å². The molecule has 1 aliphatic carbocycles. The summed E-state index contributed by atoms with van der Waals surface area (Å²) in [4.78, 5) is 24.9. The number of hydrogen-bond acceptors (Lipinski definition) is 3. The van der Waals surface area contributed by atoms with E-state index in [1.165, 1.54) is 0 Å². The lowest BCUT2D eigenvalue weighted by Crippen LogP contribution is -2.44. The zero-order valence-corrected chi connectivity index (χ0v) is 11.9. The van der Waals surface area contributed by atoms with Crippen LogP contribution in [0.15, 0.2) is 0 Å². The molecule has 0 spiro atoms. The number of nitrogens with zero attached hydrogens (tertiary/aromatic N) is 1. The summed E-state index contributed by atoms with van der Waals surface area (Å²) in [5, 5.41) is 2.73. The molecule has 1 aliphatic rings. The maximum Gasteiger partial charge on any atom is 0.407 e. The van der Waals surface area contributed by atoms with Gasteiger partial charge in [0, 0.05) is 25.6 Å². The van der Waals surface area contributed by atoms with Crippen molar-refractivity contribution in [3.05, 3.63) is 0 Å². The molecule has 0 heterocycles. The Kier molecular flexibility index (Phi) is 4.59. The van der Waals surface area contributed by atoms with E-state index in [9.17, 15) is 9.59 Å². The van der Waals surface area contributed by atoms with Crippen LogP contribution in [-0.4, -0.2) is 42.1 Å². The molecule has 1 rings (SSSR count). The van der Waals surface area contributed by atoms with Gasteiger partial charge in [0.2, 0.25) is 5.91 Å². The fraction of sp³-hybridized carbons (Fsp3) is 0.846. The van der Waals surface area contributed by atoms with E-state index in [-0.39, 0.29) is 17.9 Å². The number of ether oxygens (including phenoxy) is 1. The highest BCUT2D eigenvalue weighted by molar-refractivity contribution is 5.80. The maximum atomic E-state index is 11.7. The van der Waals surface area contributed by atoms with Crippen molar-refractivity contribution < 1.29 is 14.3 Å². The largest absolute Gasteiger partial charge is 0.444 e. The van der Waals surface area contributed by atoms with Crippen molar-refractivity contribution in [3.8, 4) is 0 Å². The third-order valence-electron chi connectivity index (χ3n) is 2.61. The second-order valence-electron chi connectivity index (χ2n) is 6.04. The summed E-state index contributed by atoms with van der Waals surface area (Å²) >= 11 is 0. The summed E-state index contributed by atoms with van der Waals surface area (Å²) < 4.78 is 5.16. The number of amides is 2. The quantitative estimate of drug-likeness (QED) is 0.834. The number of rotatable bonds is 4. The predicted molar refractivity (Wildman–Crippen MR) is 69.2 cm³/mol. The van der Waals surface area contributed by atoms with E-state index < -0.39 is 11.7 Å². The minimum Gasteiger partial charge on any atom is -0.444 e. The first-order valence-corrected chi connectivity index (χ1v) is 6.43. The van der Waals surface area contributed by atoms with E-state index in [1.54, 1.807) is 11.9 Å². The van der Waals surface area contributed by atoms with Crippen molar-refractivity contribution in [2.75, 3.05) is 13.6 Å². The van der Waals surface area contributed by atoms with Crippen molar-refractivity contribution in [3.63, 3.8) is 0 Å². The first-order valence-electron chi connectivity index (χ1n) is 6.43. The van der Waals surface area contributed by atoms with Gasteiger partial charge in [0.05, 0.1) is 0 Å². The molecule has 1 saturated carbocycles. The van der Waals surface area contributed by atoms with Crippen molar-refractivity contribution in [2.24, 2.45) is 5.92 Å². The fourth-order valence-electron chi connectivity index (χ4n) is 1.70. The summed E-state index contributed by atoms with van der Waals surface area (Å²) in [6.07, 6.45) is 1.55. The zero-order chi connectivity index (χ0) is 13.9. The van der Waals surface area contributed by atoms with Crippen LogP contribution in [0.3, 0.4) is 0 Å². The van der Waals surface area contributed by atoms with Crippen LogP contribution in [0, 0.1) is 5.92 Å². The summed E-state index contributed by atoms with van der Waals surface area (Å²) in [5.74, 6) is 0.386. The van der Waals surface area contributed by atoms with Crippen LogP contribution in [-0.2, 0) is 9.53 Å². The average molecular weight is 256 g/mol. The van der Waals surface area contributed by atoms with Gasteiger partial charge >= 0.3 is 6.09 Å². The Bertz CT molecular complexity index is 319. The minimum absolute atomic E-state index is 0.118. The van der Waals surface area contributed by atoms with Gasteiger partial charge in [-0.15, -0.1) is 0 Å². The third-order valence-corrected chi connectivity index (χ3v) is 2.61. The molecule has 1 atom stereocenters. The Hall–Kier alpha value is -1.26. The molecule has 0 aliphatic heterocycles. The molecule has 0 radical (unpaired) electrons. The van der Waals surface area contributed by atoms with E-state index in [1.807, 2.05) is 27.7 Å². The lowest BCUT2D eigenvalue weighted by Gasteiger charge is -2.25. The smallest absolute Gasteiger partial charge is 0.407 e. The van der Waals surface area contributed by atoms with Gasteiger partial charge in [-0.05, 0) is 40.5 Å². The molecular weight excluding hydrogens is 232 g/mol. The van der Waals surface area contributed by atoms with Gasteiger partial charge in [-0.3, -0.25) is 4.79 Å². The van der Waals surface area contributed by atoms with Crippen molar-refractivity contribution in [1.29, 1.82) is 0 Å². The first kappa shape index (κ1) is 14.8. The van der Waals surface area contributed by atoms with Gasteiger partial charge < -0.3 is 15.0 Å². The standard InChI is InChI=1S/C13H24N2O3/c1-9(14-12(17)18-13(2,3)4)8-15(5)11(16)10-6-7-10/h9-10H,6-8H2,1-5H3,(H,14,17)/t9-/m0/s1. The van der Waals surface area contributed by atoms with Gasteiger partial charge in [-0.25, -0.2) is 4.79 Å². The topological polar surface area (TPSA) is 58.6 Å². The number of hydrogen-bond donors (Lipinski definition) is 1. The monoisotopic (exact) mass is 256 g/mol. The molecular formula is C13H24N2O3. The Morgan fingerprint density at radius 2 is 1.94 bits per heavy atom. The highest BCUT2D eigenvalue weighted by Crippen LogP contribution is 2.30.